The Hall–Kier alpha value is -4.36. The van der Waals surface area contributed by atoms with Crippen LogP contribution in [0.4, 0.5) is 22.7 Å². The molecular formula is C27H20N4O6S2. The fourth-order valence-electron chi connectivity index (χ4n) is 4.05. The molecule has 39 heavy (non-hydrogen) atoms. The fourth-order valence-corrected chi connectivity index (χ4v) is 5.06. The van der Waals surface area contributed by atoms with Crippen LogP contribution < -0.4 is 0 Å². The number of hydrogen-bond donors (Lipinski definition) is 2. The van der Waals surface area contributed by atoms with Crippen molar-refractivity contribution in [2.45, 2.75) is 16.7 Å². The molecule has 5 aromatic rings. The van der Waals surface area contributed by atoms with Crippen molar-refractivity contribution in [3.05, 3.63) is 96.6 Å². The van der Waals surface area contributed by atoms with Gasteiger partial charge in [0.15, 0.2) is 0 Å². The third-order valence-corrected chi connectivity index (χ3v) is 7.71. The van der Waals surface area contributed by atoms with Crippen LogP contribution in [0.15, 0.2) is 121 Å². The molecule has 0 aliphatic heterocycles. The molecule has 0 atom stereocenters. The predicted molar refractivity (Wildman–Crippen MR) is 147 cm³/mol. The van der Waals surface area contributed by atoms with E-state index in [-0.39, 0.29) is 9.79 Å². The maximum Gasteiger partial charge on any atom is 0.294 e. The molecule has 0 aromatic heterocycles. The van der Waals surface area contributed by atoms with Crippen molar-refractivity contribution in [1.29, 1.82) is 0 Å². The van der Waals surface area contributed by atoms with Crippen LogP contribution in [0.5, 0.6) is 0 Å². The molecule has 5 rings (SSSR count). The monoisotopic (exact) mass is 560 g/mol. The predicted octanol–water partition coefficient (Wildman–Crippen LogP) is 7.63. The maximum atomic E-state index is 11.8. The highest BCUT2D eigenvalue weighted by Crippen LogP contribution is 2.38. The lowest BCUT2D eigenvalue weighted by Gasteiger charge is -2.08. The van der Waals surface area contributed by atoms with E-state index in [4.69, 9.17) is 0 Å². The van der Waals surface area contributed by atoms with Gasteiger partial charge in [-0.1, -0.05) is 36.4 Å². The Morgan fingerprint density at radius 3 is 1.54 bits per heavy atom. The zero-order valence-corrected chi connectivity index (χ0v) is 21.9. The normalized spacial score (nSPS) is 12.7. The first-order valence-corrected chi connectivity index (χ1v) is 14.3. The lowest BCUT2D eigenvalue weighted by atomic mass is 10.0. The first kappa shape index (κ1) is 26.3. The fraction of sp³-hybridized carbons (Fsp3) is 0.0370. The highest BCUT2D eigenvalue weighted by molar-refractivity contribution is 7.86. The van der Waals surface area contributed by atoms with Gasteiger partial charge < -0.3 is 0 Å². The first-order valence-electron chi connectivity index (χ1n) is 11.4. The number of benzene rings is 5. The first-order chi connectivity index (χ1) is 18.5. The Kier molecular flexibility index (Phi) is 6.78. The molecule has 0 bridgehead atoms. The van der Waals surface area contributed by atoms with E-state index in [1.54, 1.807) is 43.3 Å². The highest BCUT2D eigenvalue weighted by atomic mass is 32.2. The minimum Gasteiger partial charge on any atom is -0.282 e. The average molecular weight is 561 g/mol. The van der Waals surface area contributed by atoms with Gasteiger partial charge in [-0.15, -0.1) is 15.3 Å². The molecule has 5 aromatic carbocycles. The van der Waals surface area contributed by atoms with Crippen molar-refractivity contribution in [2.24, 2.45) is 20.5 Å². The molecule has 0 saturated heterocycles. The smallest absolute Gasteiger partial charge is 0.282 e. The molecule has 196 valence electrons. The Morgan fingerprint density at radius 1 is 0.513 bits per heavy atom. The van der Waals surface area contributed by atoms with Crippen molar-refractivity contribution in [3.63, 3.8) is 0 Å². The average Bonchev–Trinajstić information content (AvgIpc) is 2.91. The molecule has 0 unspecified atom stereocenters. The van der Waals surface area contributed by atoms with E-state index in [0.29, 0.717) is 44.3 Å². The van der Waals surface area contributed by atoms with Crippen molar-refractivity contribution >= 4 is 64.5 Å². The Morgan fingerprint density at radius 2 is 0.974 bits per heavy atom. The number of hydrogen-bond acceptors (Lipinski definition) is 8. The second-order valence-corrected chi connectivity index (χ2v) is 11.4. The van der Waals surface area contributed by atoms with Gasteiger partial charge >= 0.3 is 0 Å². The van der Waals surface area contributed by atoms with Gasteiger partial charge in [0.1, 0.15) is 0 Å². The summed E-state index contributed by atoms with van der Waals surface area (Å²) in [4.78, 5) is -0.557. The van der Waals surface area contributed by atoms with E-state index in [1.165, 1.54) is 36.4 Å². The maximum absolute atomic E-state index is 11.8. The van der Waals surface area contributed by atoms with Crippen LogP contribution in [0.3, 0.4) is 0 Å². The summed E-state index contributed by atoms with van der Waals surface area (Å²) in [6, 6.07) is 24.0. The second kappa shape index (κ2) is 10.1. The lowest BCUT2D eigenvalue weighted by Crippen LogP contribution is -1.97. The van der Waals surface area contributed by atoms with Crippen LogP contribution >= 0.6 is 0 Å². The van der Waals surface area contributed by atoms with Crippen LogP contribution in [0.1, 0.15) is 5.56 Å². The number of fused-ring (bicyclic) bond motifs is 2. The topological polar surface area (TPSA) is 158 Å². The summed E-state index contributed by atoms with van der Waals surface area (Å²) >= 11 is 0. The van der Waals surface area contributed by atoms with Crippen LogP contribution in [0.2, 0.25) is 0 Å². The van der Waals surface area contributed by atoms with Crippen molar-refractivity contribution in [3.8, 4) is 0 Å². The van der Waals surface area contributed by atoms with Crippen molar-refractivity contribution in [2.75, 3.05) is 0 Å². The standard InChI is InChI=1S/C27H20N4O6S2/c1-17-7-12-25(21-10-8-19(15-23(17)21)38(32,33)34)30-31-27-14-13-26(29-28-18-5-3-2-4-6-18)22-11-9-20(16-24(22)27)39(35,36)37/h2-16H,1H3,(H,32,33,34)(H,35,36,37)/b29-28+,31-30+. The Labute approximate surface area is 223 Å². The number of nitrogens with zero attached hydrogens (tertiary/aromatic N) is 4. The summed E-state index contributed by atoms with van der Waals surface area (Å²) in [5.41, 5.74) is 2.58. The van der Waals surface area contributed by atoms with Gasteiger partial charge in [0.25, 0.3) is 20.2 Å². The molecule has 10 nitrogen and oxygen atoms in total. The largest absolute Gasteiger partial charge is 0.294 e. The van der Waals surface area contributed by atoms with Gasteiger partial charge in [-0.25, -0.2) is 0 Å². The second-order valence-electron chi connectivity index (χ2n) is 8.61. The zero-order chi connectivity index (χ0) is 27.8. The number of rotatable bonds is 6. The summed E-state index contributed by atoms with van der Waals surface area (Å²) in [5.74, 6) is 0. The molecule has 0 spiro atoms. The third kappa shape index (κ3) is 5.59. The van der Waals surface area contributed by atoms with Crippen LogP contribution in [-0.4, -0.2) is 25.9 Å². The minimum absolute atomic E-state index is 0.240. The van der Waals surface area contributed by atoms with Crippen LogP contribution in [0.25, 0.3) is 21.5 Å². The van der Waals surface area contributed by atoms with E-state index in [1.807, 2.05) is 18.2 Å². The quantitative estimate of drug-likeness (QED) is 0.160. The van der Waals surface area contributed by atoms with E-state index in [0.717, 1.165) is 5.56 Å². The summed E-state index contributed by atoms with van der Waals surface area (Å²) in [7, 11) is -8.88. The minimum atomic E-state index is -4.49. The third-order valence-electron chi connectivity index (χ3n) is 6.02. The molecule has 2 N–H and O–H groups in total. The molecular weight excluding hydrogens is 540 g/mol. The summed E-state index contributed by atoms with van der Waals surface area (Å²) in [5, 5.41) is 19.3. The van der Waals surface area contributed by atoms with Crippen molar-refractivity contribution < 1.29 is 25.9 Å². The van der Waals surface area contributed by atoms with Crippen LogP contribution in [0, 0.1) is 6.92 Å². The number of aryl methyl sites for hydroxylation is 1. The van der Waals surface area contributed by atoms with Gasteiger partial charge in [0, 0.05) is 16.2 Å². The van der Waals surface area contributed by atoms with Gasteiger partial charge in [-0.3, -0.25) is 9.11 Å². The summed E-state index contributed by atoms with van der Waals surface area (Å²) in [6.07, 6.45) is 0. The van der Waals surface area contributed by atoms with E-state index >= 15 is 0 Å². The molecule has 0 heterocycles. The van der Waals surface area contributed by atoms with E-state index in [9.17, 15) is 25.9 Å². The molecule has 12 heteroatoms. The van der Waals surface area contributed by atoms with Crippen molar-refractivity contribution in [1.82, 2.24) is 0 Å². The molecule has 0 radical (unpaired) electrons. The van der Waals surface area contributed by atoms with E-state index in [2.05, 4.69) is 20.5 Å². The Balaban J connectivity index is 1.64. The number of azo groups is 2. The lowest BCUT2D eigenvalue weighted by molar-refractivity contribution is 0.481. The van der Waals surface area contributed by atoms with Gasteiger partial charge in [0.05, 0.1) is 32.5 Å². The SMILES string of the molecule is Cc1ccc(/N=N/c2ccc(/N=N/c3ccccc3)c3ccc(S(=O)(=O)O)cc23)c2ccc(S(=O)(=O)O)cc12. The highest BCUT2D eigenvalue weighted by Gasteiger charge is 2.15. The van der Waals surface area contributed by atoms with Gasteiger partial charge in [-0.2, -0.15) is 21.9 Å². The zero-order valence-electron chi connectivity index (χ0n) is 20.3. The summed E-state index contributed by atoms with van der Waals surface area (Å²) < 4.78 is 65.9. The Bertz CT molecular complexity index is 2030. The van der Waals surface area contributed by atoms with Gasteiger partial charge in [-0.05, 0) is 72.5 Å². The summed E-state index contributed by atoms with van der Waals surface area (Å²) in [6.45, 7) is 1.80. The van der Waals surface area contributed by atoms with E-state index < -0.39 is 20.2 Å². The van der Waals surface area contributed by atoms with Crippen LogP contribution in [-0.2, 0) is 20.2 Å². The molecule has 0 aliphatic rings. The molecule has 0 aliphatic carbocycles. The molecule has 0 fully saturated rings. The van der Waals surface area contributed by atoms with Gasteiger partial charge in [0.2, 0.25) is 0 Å². The molecule has 0 saturated carbocycles. The molecule has 0 amide bonds.